The SMILES string of the molecule is Cc1cc(Br)oc1C(=O)NC(CCC(=O)O)Cc1ccccc1. The van der Waals surface area contributed by atoms with Crippen molar-refractivity contribution in [3.63, 3.8) is 0 Å². The average Bonchev–Trinajstić information content (AvgIpc) is 2.84. The van der Waals surface area contributed by atoms with E-state index in [1.54, 1.807) is 13.0 Å². The van der Waals surface area contributed by atoms with E-state index in [0.29, 0.717) is 17.5 Å². The van der Waals surface area contributed by atoms with Gasteiger partial charge in [-0.1, -0.05) is 30.3 Å². The van der Waals surface area contributed by atoms with Crippen molar-refractivity contribution in [2.45, 2.75) is 32.2 Å². The number of hydrogen-bond donors (Lipinski definition) is 2. The fraction of sp³-hybridized carbons (Fsp3) is 0.294. The van der Waals surface area contributed by atoms with Crippen LogP contribution in [-0.4, -0.2) is 23.0 Å². The predicted octanol–water partition coefficient (Wildman–Crippen LogP) is 3.56. The quantitative estimate of drug-likeness (QED) is 0.770. The first-order valence-corrected chi connectivity index (χ1v) is 8.07. The van der Waals surface area contributed by atoms with E-state index in [1.165, 1.54) is 0 Å². The number of carbonyl (C=O) groups excluding carboxylic acids is 1. The molecule has 2 rings (SSSR count). The number of aryl methyl sites for hydroxylation is 1. The van der Waals surface area contributed by atoms with Crippen LogP contribution in [0.4, 0.5) is 0 Å². The van der Waals surface area contributed by atoms with Gasteiger partial charge in [-0.15, -0.1) is 0 Å². The molecule has 0 spiro atoms. The van der Waals surface area contributed by atoms with Gasteiger partial charge in [0.1, 0.15) is 0 Å². The zero-order chi connectivity index (χ0) is 16.8. The molecule has 1 unspecified atom stereocenters. The number of halogens is 1. The Labute approximate surface area is 142 Å². The standard InChI is InChI=1S/C17H18BrNO4/c1-11-9-14(18)23-16(11)17(22)19-13(7-8-15(20)21)10-12-5-3-2-4-6-12/h2-6,9,13H,7-8,10H2,1H3,(H,19,22)(H,20,21). The fourth-order valence-corrected chi connectivity index (χ4v) is 2.85. The fourth-order valence-electron chi connectivity index (χ4n) is 2.34. The van der Waals surface area contributed by atoms with E-state index in [-0.39, 0.29) is 24.1 Å². The predicted molar refractivity (Wildman–Crippen MR) is 89.4 cm³/mol. The van der Waals surface area contributed by atoms with E-state index in [9.17, 15) is 9.59 Å². The third kappa shape index (κ3) is 5.25. The molecule has 1 aromatic heterocycles. The molecular formula is C17H18BrNO4. The van der Waals surface area contributed by atoms with E-state index in [1.807, 2.05) is 30.3 Å². The highest BCUT2D eigenvalue weighted by molar-refractivity contribution is 9.10. The van der Waals surface area contributed by atoms with Crippen molar-refractivity contribution in [2.24, 2.45) is 0 Å². The summed E-state index contributed by atoms with van der Waals surface area (Å²) in [5.41, 5.74) is 1.77. The molecular weight excluding hydrogens is 362 g/mol. The van der Waals surface area contributed by atoms with Crippen molar-refractivity contribution in [2.75, 3.05) is 0 Å². The molecule has 5 nitrogen and oxygen atoms in total. The minimum atomic E-state index is -0.880. The lowest BCUT2D eigenvalue weighted by atomic mass is 10.0. The highest BCUT2D eigenvalue weighted by atomic mass is 79.9. The highest BCUT2D eigenvalue weighted by Gasteiger charge is 2.20. The van der Waals surface area contributed by atoms with E-state index in [0.717, 1.165) is 11.1 Å². The van der Waals surface area contributed by atoms with Crippen LogP contribution in [0.1, 0.15) is 34.5 Å². The summed E-state index contributed by atoms with van der Waals surface area (Å²) in [4.78, 5) is 23.2. The van der Waals surface area contributed by atoms with E-state index < -0.39 is 5.97 Å². The van der Waals surface area contributed by atoms with Gasteiger partial charge in [-0.25, -0.2) is 0 Å². The number of carboxylic acids is 1. The molecule has 0 aliphatic carbocycles. The van der Waals surface area contributed by atoms with Gasteiger partial charge >= 0.3 is 5.97 Å². The molecule has 23 heavy (non-hydrogen) atoms. The molecule has 1 atom stereocenters. The average molecular weight is 380 g/mol. The van der Waals surface area contributed by atoms with Crippen LogP contribution in [0.5, 0.6) is 0 Å². The second kappa shape index (κ2) is 7.97. The zero-order valence-corrected chi connectivity index (χ0v) is 14.3. The molecule has 0 saturated heterocycles. The molecule has 0 aliphatic rings. The van der Waals surface area contributed by atoms with Crippen LogP contribution in [-0.2, 0) is 11.2 Å². The van der Waals surface area contributed by atoms with Gasteiger partial charge in [0.05, 0.1) is 0 Å². The molecule has 0 aliphatic heterocycles. The molecule has 0 radical (unpaired) electrons. The van der Waals surface area contributed by atoms with Gasteiger partial charge < -0.3 is 14.8 Å². The van der Waals surface area contributed by atoms with Crippen molar-refractivity contribution in [1.29, 1.82) is 0 Å². The van der Waals surface area contributed by atoms with Crippen molar-refractivity contribution < 1.29 is 19.1 Å². The summed E-state index contributed by atoms with van der Waals surface area (Å²) in [5, 5.41) is 11.8. The molecule has 1 amide bonds. The van der Waals surface area contributed by atoms with Crippen LogP contribution < -0.4 is 5.32 Å². The summed E-state index contributed by atoms with van der Waals surface area (Å²) >= 11 is 3.20. The molecule has 122 valence electrons. The van der Waals surface area contributed by atoms with Gasteiger partial charge in [0, 0.05) is 18.0 Å². The molecule has 6 heteroatoms. The minimum Gasteiger partial charge on any atom is -0.481 e. The lowest BCUT2D eigenvalue weighted by Crippen LogP contribution is -2.37. The summed E-state index contributed by atoms with van der Waals surface area (Å²) in [5.74, 6) is -0.973. The Hall–Kier alpha value is -2.08. The Kier molecular flexibility index (Phi) is 5.98. The van der Waals surface area contributed by atoms with Gasteiger partial charge in [0.25, 0.3) is 5.91 Å². The van der Waals surface area contributed by atoms with E-state index in [4.69, 9.17) is 9.52 Å². The number of nitrogens with one attached hydrogen (secondary N) is 1. The summed E-state index contributed by atoms with van der Waals surface area (Å²) in [6.45, 7) is 1.78. The smallest absolute Gasteiger partial charge is 0.303 e. The third-order valence-electron chi connectivity index (χ3n) is 3.46. The maximum absolute atomic E-state index is 12.4. The Morgan fingerprint density at radius 3 is 2.57 bits per heavy atom. The Bertz CT molecular complexity index is 681. The number of amides is 1. The number of rotatable bonds is 7. The molecule has 0 saturated carbocycles. The molecule has 2 aromatic rings. The lowest BCUT2D eigenvalue weighted by Gasteiger charge is -2.17. The maximum Gasteiger partial charge on any atom is 0.303 e. The second-order valence-electron chi connectivity index (χ2n) is 5.36. The minimum absolute atomic E-state index is 0.00138. The van der Waals surface area contributed by atoms with Crippen molar-refractivity contribution in [1.82, 2.24) is 5.32 Å². The van der Waals surface area contributed by atoms with Gasteiger partial charge in [0.2, 0.25) is 0 Å². The van der Waals surface area contributed by atoms with E-state index >= 15 is 0 Å². The largest absolute Gasteiger partial charge is 0.481 e. The Morgan fingerprint density at radius 1 is 1.30 bits per heavy atom. The van der Waals surface area contributed by atoms with Gasteiger partial charge in [0.15, 0.2) is 10.4 Å². The van der Waals surface area contributed by atoms with Crippen molar-refractivity contribution in [3.8, 4) is 0 Å². The third-order valence-corrected chi connectivity index (χ3v) is 3.85. The second-order valence-corrected chi connectivity index (χ2v) is 6.14. The topological polar surface area (TPSA) is 79.5 Å². The first-order valence-electron chi connectivity index (χ1n) is 7.28. The summed E-state index contributed by atoms with van der Waals surface area (Å²) in [6.07, 6.45) is 0.927. The molecule has 1 aromatic carbocycles. The van der Waals surface area contributed by atoms with Gasteiger partial charge in [-0.05, 0) is 47.3 Å². The maximum atomic E-state index is 12.4. The highest BCUT2D eigenvalue weighted by Crippen LogP contribution is 2.20. The first kappa shape index (κ1) is 17.3. The summed E-state index contributed by atoms with van der Waals surface area (Å²) < 4.78 is 5.83. The number of carboxylic acid groups (broad SMARTS) is 1. The van der Waals surface area contributed by atoms with Crippen LogP contribution in [0.25, 0.3) is 0 Å². The number of carbonyl (C=O) groups is 2. The normalized spacial score (nSPS) is 11.9. The number of benzene rings is 1. The molecule has 0 fully saturated rings. The van der Waals surface area contributed by atoms with Gasteiger partial charge in [-0.3, -0.25) is 9.59 Å². The van der Waals surface area contributed by atoms with Crippen LogP contribution in [0.15, 0.2) is 45.5 Å². The molecule has 1 heterocycles. The Balaban J connectivity index is 2.08. The molecule has 0 bridgehead atoms. The van der Waals surface area contributed by atoms with Crippen LogP contribution >= 0.6 is 15.9 Å². The van der Waals surface area contributed by atoms with Crippen LogP contribution in [0.3, 0.4) is 0 Å². The van der Waals surface area contributed by atoms with Crippen molar-refractivity contribution in [3.05, 3.63) is 58.0 Å². The number of aliphatic carboxylic acids is 1. The number of hydrogen-bond acceptors (Lipinski definition) is 3. The van der Waals surface area contributed by atoms with Gasteiger partial charge in [-0.2, -0.15) is 0 Å². The van der Waals surface area contributed by atoms with E-state index in [2.05, 4.69) is 21.2 Å². The zero-order valence-electron chi connectivity index (χ0n) is 12.7. The lowest BCUT2D eigenvalue weighted by molar-refractivity contribution is -0.137. The molecule has 2 N–H and O–H groups in total. The summed E-state index contributed by atoms with van der Waals surface area (Å²) in [6, 6.07) is 11.1. The van der Waals surface area contributed by atoms with Crippen LogP contribution in [0.2, 0.25) is 0 Å². The monoisotopic (exact) mass is 379 g/mol. The Morgan fingerprint density at radius 2 is 2.00 bits per heavy atom. The summed E-state index contributed by atoms with van der Waals surface area (Å²) in [7, 11) is 0. The van der Waals surface area contributed by atoms with Crippen molar-refractivity contribution >= 4 is 27.8 Å². The number of furan rings is 1. The first-order chi connectivity index (χ1) is 11.0. The van der Waals surface area contributed by atoms with Crippen LogP contribution in [0, 0.1) is 6.92 Å².